The van der Waals surface area contributed by atoms with Crippen molar-refractivity contribution in [1.29, 1.82) is 0 Å². The molecule has 0 unspecified atom stereocenters. The molecule has 0 atom stereocenters. The maximum absolute atomic E-state index is 11.6. The molecule has 1 fully saturated rings. The average molecular weight is 199 g/mol. The Balaban J connectivity index is 2.51. The van der Waals surface area contributed by atoms with Gasteiger partial charge < -0.3 is 10.0 Å². The number of carboxylic acids is 1. The smallest absolute Gasteiger partial charge is 0.309 e. The van der Waals surface area contributed by atoms with E-state index < -0.39 is 11.4 Å². The van der Waals surface area contributed by atoms with Crippen LogP contribution in [0.15, 0.2) is 0 Å². The van der Waals surface area contributed by atoms with Crippen molar-refractivity contribution in [3.8, 4) is 0 Å². The molecule has 0 bridgehead atoms. The second-order valence-electron chi connectivity index (χ2n) is 4.45. The molecule has 1 rings (SSSR count). The summed E-state index contributed by atoms with van der Waals surface area (Å²) in [6, 6.07) is 0. The Labute approximate surface area is 83.9 Å². The minimum Gasteiger partial charge on any atom is -0.481 e. The number of likely N-dealkylation sites (tertiary alicyclic amines) is 1. The van der Waals surface area contributed by atoms with Crippen LogP contribution in [0.4, 0.5) is 0 Å². The van der Waals surface area contributed by atoms with Gasteiger partial charge in [-0.25, -0.2) is 0 Å². The molecule has 14 heavy (non-hydrogen) atoms. The van der Waals surface area contributed by atoms with E-state index >= 15 is 0 Å². The van der Waals surface area contributed by atoms with Gasteiger partial charge in [0.05, 0.1) is 5.41 Å². The van der Waals surface area contributed by atoms with Crippen LogP contribution in [0.5, 0.6) is 0 Å². The fraction of sp³-hybridized carbons (Fsp3) is 0.800. The molecule has 4 heteroatoms. The number of amides is 1. The van der Waals surface area contributed by atoms with E-state index in [1.807, 2.05) is 0 Å². The highest BCUT2D eigenvalue weighted by atomic mass is 16.4. The lowest BCUT2D eigenvalue weighted by Gasteiger charge is -2.22. The predicted octanol–water partition coefficient (Wildman–Crippen LogP) is 1.11. The van der Waals surface area contributed by atoms with Gasteiger partial charge in [0.1, 0.15) is 0 Å². The number of hydrogen-bond acceptors (Lipinski definition) is 2. The molecule has 0 aliphatic carbocycles. The highest BCUT2D eigenvalue weighted by Crippen LogP contribution is 2.23. The molecule has 4 nitrogen and oxygen atoms in total. The maximum Gasteiger partial charge on any atom is 0.309 e. The minimum absolute atomic E-state index is 0.0325. The lowest BCUT2D eigenvalue weighted by molar-refractivity contribution is -0.151. The number of aliphatic carboxylic acids is 1. The van der Waals surface area contributed by atoms with Crippen molar-refractivity contribution in [2.75, 3.05) is 13.1 Å². The van der Waals surface area contributed by atoms with Gasteiger partial charge in [-0.1, -0.05) is 0 Å². The first-order valence-corrected chi connectivity index (χ1v) is 4.95. The molecule has 1 saturated heterocycles. The van der Waals surface area contributed by atoms with Gasteiger partial charge in [-0.2, -0.15) is 0 Å². The third kappa shape index (κ3) is 2.47. The quantitative estimate of drug-likeness (QED) is 0.740. The average Bonchev–Trinajstić information content (AvgIpc) is 2.54. The van der Waals surface area contributed by atoms with Crippen LogP contribution in [-0.2, 0) is 9.59 Å². The Morgan fingerprint density at radius 2 is 1.79 bits per heavy atom. The molecule has 0 aromatic heterocycles. The van der Waals surface area contributed by atoms with Gasteiger partial charge in [-0.05, 0) is 26.7 Å². The van der Waals surface area contributed by atoms with Gasteiger partial charge in [0.25, 0.3) is 0 Å². The molecule has 0 radical (unpaired) electrons. The zero-order chi connectivity index (χ0) is 10.8. The van der Waals surface area contributed by atoms with Gasteiger partial charge in [0, 0.05) is 19.5 Å². The van der Waals surface area contributed by atoms with Crippen LogP contribution in [0.25, 0.3) is 0 Å². The Morgan fingerprint density at radius 3 is 2.21 bits per heavy atom. The van der Waals surface area contributed by atoms with Crippen LogP contribution in [0.2, 0.25) is 0 Å². The molecular weight excluding hydrogens is 182 g/mol. The summed E-state index contributed by atoms with van der Waals surface area (Å²) < 4.78 is 0. The zero-order valence-electron chi connectivity index (χ0n) is 8.75. The monoisotopic (exact) mass is 199 g/mol. The number of hydrogen-bond donors (Lipinski definition) is 1. The predicted molar refractivity (Wildman–Crippen MR) is 51.8 cm³/mol. The minimum atomic E-state index is -0.945. The van der Waals surface area contributed by atoms with E-state index in [-0.39, 0.29) is 12.3 Å². The summed E-state index contributed by atoms with van der Waals surface area (Å²) in [5.41, 5.74) is -0.945. The van der Waals surface area contributed by atoms with Crippen LogP contribution < -0.4 is 0 Å². The van der Waals surface area contributed by atoms with Crippen LogP contribution >= 0.6 is 0 Å². The third-order valence-electron chi connectivity index (χ3n) is 2.63. The summed E-state index contributed by atoms with van der Waals surface area (Å²) in [5, 5.41) is 8.86. The van der Waals surface area contributed by atoms with Gasteiger partial charge in [-0.15, -0.1) is 0 Å². The molecule has 0 saturated carbocycles. The van der Waals surface area contributed by atoms with Gasteiger partial charge in [-0.3, -0.25) is 9.59 Å². The Bertz CT molecular complexity index is 242. The van der Waals surface area contributed by atoms with Gasteiger partial charge in [0.15, 0.2) is 0 Å². The van der Waals surface area contributed by atoms with E-state index in [9.17, 15) is 9.59 Å². The molecule has 1 aliphatic rings. The fourth-order valence-corrected chi connectivity index (χ4v) is 1.53. The molecule has 1 N–H and O–H groups in total. The van der Waals surface area contributed by atoms with Crippen LogP contribution in [-0.4, -0.2) is 35.0 Å². The van der Waals surface area contributed by atoms with Crippen molar-refractivity contribution >= 4 is 11.9 Å². The first kappa shape index (κ1) is 11.0. The first-order valence-electron chi connectivity index (χ1n) is 4.95. The zero-order valence-corrected chi connectivity index (χ0v) is 8.75. The van der Waals surface area contributed by atoms with Crippen molar-refractivity contribution in [3.63, 3.8) is 0 Å². The maximum atomic E-state index is 11.6. The van der Waals surface area contributed by atoms with Gasteiger partial charge in [0.2, 0.25) is 5.91 Å². The van der Waals surface area contributed by atoms with Crippen molar-refractivity contribution in [2.24, 2.45) is 5.41 Å². The van der Waals surface area contributed by atoms with Gasteiger partial charge >= 0.3 is 5.97 Å². The van der Waals surface area contributed by atoms with Crippen molar-refractivity contribution in [1.82, 2.24) is 4.90 Å². The number of carbonyl (C=O) groups excluding carboxylic acids is 1. The first-order chi connectivity index (χ1) is 6.43. The second-order valence-corrected chi connectivity index (χ2v) is 4.45. The summed E-state index contributed by atoms with van der Waals surface area (Å²) in [6.07, 6.45) is 2.18. The number of nitrogens with zero attached hydrogens (tertiary/aromatic N) is 1. The van der Waals surface area contributed by atoms with E-state index in [0.717, 1.165) is 25.9 Å². The van der Waals surface area contributed by atoms with Crippen molar-refractivity contribution in [2.45, 2.75) is 33.1 Å². The molecular formula is C10H17NO3. The van der Waals surface area contributed by atoms with E-state index in [2.05, 4.69) is 0 Å². The SMILES string of the molecule is CC(C)(CC(=O)N1CCCC1)C(=O)O. The summed E-state index contributed by atoms with van der Waals surface area (Å²) in [5.74, 6) is -0.944. The molecule has 1 heterocycles. The normalized spacial score (nSPS) is 17.1. The Kier molecular flexibility index (Phi) is 3.13. The fourth-order valence-electron chi connectivity index (χ4n) is 1.53. The summed E-state index contributed by atoms with van der Waals surface area (Å²) in [4.78, 5) is 24.2. The second kappa shape index (κ2) is 3.98. The topological polar surface area (TPSA) is 57.6 Å². The van der Waals surface area contributed by atoms with Crippen LogP contribution in [0.1, 0.15) is 33.1 Å². The lowest BCUT2D eigenvalue weighted by Crippen LogP contribution is -2.35. The van der Waals surface area contributed by atoms with Crippen molar-refractivity contribution in [3.05, 3.63) is 0 Å². The van der Waals surface area contributed by atoms with Crippen LogP contribution in [0.3, 0.4) is 0 Å². The highest BCUT2D eigenvalue weighted by Gasteiger charge is 2.32. The summed E-state index contributed by atoms with van der Waals surface area (Å²) in [7, 11) is 0. The Hall–Kier alpha value is -1.06. The highest BCUT2D eigenvalue weighted by molar-refractivity contribution is 5.84. The lowest BCUT2D eigenvalue weighted by atomic mass is 9.89. The van der Waals surface area contributed by atoms with E-state index in [0.29, 0.717) is 0 Å². The number of carbonyl (C=O) groups is 2. The largest absolute Gasteiger partial charge is 0.481 e. The Morgan fingerprint density at radius 1 is 1.29 bits per heavy atom. The van der Waals surface area contributed by atoms with Crippen LogP contribution in [0, 0.1) is 5.41 Å². The van der Waals surface area contributed by atoms with E-state index in [1.54, 1.807) is 18.7 Å². The molecule has 0 aromatic rings. The third-order valence-corrected chi connectivity index (χ3v) is 2.63. The molecule has 80 valence electrons. The molecule has 0 spiro atoms. The molecule has 0 aromatic carbocycles. The molecule has 1 amide bonds. The van der Waals surface area contributed by atoms with Crippen molar-refractivity contribution < 1.29 is 14.7 Å². The standard InChI is InChI=1S/C10H17NO3/c1-10(2,9(13)14)7-8(12)11-5-3-4-6-11/h3-7H2,1-2H3,(H,13,14). The van der Waals surface area contributed by atoms with E-state index in [1.165, 1.54) is 0 Å². The number of rotatable bonds is 3. The number of carboxylic acid groups (broad SMARTS) is 1. The van der Waals surface area contributed by atoms with E-state index in [4.69, 9.17) is 5.11 Å². The summed E-state index contributed by atoms with van der Waals surface area (Å²) >= 11 is 0. The molecule has 1 aliphatic heterocycles. The summed E-state index contributed by atoms with van der Waals surface area (Å²) in [6.45, 7) is 4.75.